The Kier molecular flexibility index (Phi) is 30.2. The van der Waals surface area contributed by atoms with E-state index in [0.29, 0.717) is 17.6 Å². The first-order chi connectivity index (χ1) is 50.6. The molecule has 46 heteroatoms. The molecule has 0 bridgehead atoms. The zero-order valence-electron chi connectivity index (χ0n) is 54.8. The number of aromatic nitrogens is 12. The number of hydrogen-bond acceptors (Lipinski definition) is 25. The van der Waals surface area contributed by atoms with Gasteiger partial charge in [-0.25, -0.2) is 37.9 Å². The van der Waals surface area contributed by atoms with E-state index in [2.05, 4.69) is 54.7 Å². The molecule has 6 aromatic heterocycles. The standard InChI is InChI=1S/C18H15Cl2FN4O3.C18H21ClFN5O8P2.C17H16ClFN4O4.C7H8O.CH2Cl4O2P2/c1-9-11(7-27-17(26)10-5-3-2-4-6-10)28-16(12(9)21)25-8-22-13-14(19)23-18(20)24-15(13)25;19-18-23-15(21-6-10-4-2-1-3-5-10)13-16(24-18)25(8-22-13)17-12(20)14(26)11(33-17)7-32-35(30,31)9-34(27,28)29;18-17-21-14-12(15(22-17)26-7-9-4-2-1-3-5-9)20-8-23(14)16-11(19)13(25)10(6-24)27-16;8-6-7-4-2-1-3-5-7;2-8(3,6)1-9(4,5)7/h2-6,8-9,11-12,16H,7H2,1H3;1-5,8,11-12,14,17,26H,6-7,9H2,(H,30,31)(H,21,23,24)(H2,27,28,29);1-5,8,10-11,13,16,24-25H,6-7H2;1-5,8H,6H2;1H2/t9-,11-,12+,16-;11-,12+,14-,17-;10-,11+,13-,16-;;/m111../s1. The molecule has 4 aromatic carbocycles. The average Bonchev–Trinajstić information content (AvgIpc) is 1.58. The highest BCUT2D eigenvalue weighted by Crippen LogP contribution is 2.72. The summed E-state index contributed by atoms with van der Waals surface area (Å²) in [5.41, 5.74) is 4.70. The van der Waals surface area contributed by atoms with Crippen LogP contribution in [0.3, 0.4) is 0 Å². The lowest BCUT2D eigenvalue weighted by Crippen LogP contribution is -2.31. The minimum Gasteiger partial charge on any atom is -0.471 e. The van der Waals surface area contributed by atoms with Crippen molar-refractivity contribution in [1.29, 1.82) is 0 Å². The van der Waals surface area contributed by atoms with Crippen LogP contribution in [-0.2, 0) is 61.5 Å². The van der Waals surface area contributed by atoms with Gasteiger partial charge in [0.1, 0.15) is 49.0 Å². The second-order valence-corrected chi connectivity index (χ2v) is 39.6. The number of benzene rings is 4. The van der Waals surface area contributed by atoms with Gasteiger partial charge in [-0.15, -0.1) is 0 Å². The molecule has 0 aliphatic carbocycles. The molecule has 3 fully saturated rings. The largest absolute Gasteiger partial charge is 0.471 e. The third kappa shape index (κ3) is 23.6. The summed E-state index contributed by atoms with van der Waals surface area (Å²) in [7, 11) is -9.57. The maximum absolute atomic E-state index is 15.0. The summed E-state index contributed by atoms with van der Waals surface area (Å²) in [4.78, 5) is 76.3. The molecule has 576 valence electrons. The second kappa shape index (κ2) is 37.9. The molecule has 10 aromatic rings. The number of aliphatic hydroxyl groups excluding tert-OH is 4. The Bertz CT molecular complexity index is 4820. The summed E-state index contributed by atoms with van der Waals surface area (Å²) in [5, 5.41) is 40.7. The van der Waals surface area contributed by atoms with Gasteiger partial charge >= 0.3 is 21.2 Å². The van der Waals surface area contributed by atoms with Crippen LogP contribution in [0.4, 0.5) is 19.0 Å². The third-order valence-electron chi connectivity index (χ3n) is 15.4. The van der Waals surface area contributed by atoms with Crippen LogP contribution in [0.25, 0.3) is 33.5 Å². The molecule has 0 radical (unpaired) electrons. The Morgan fingerprint density at radius 3 is 1.50 bits per heavy atom. The van der Waals surface area contributed by atoms with Crippen LogP contribution in [0.5, 0.6) is 5.88 Å². The van der Waals surface area contributed by atoms with E-state index in [9.17, 15) is 56.4 Å². The summed E-state index contributed by atoms with van der Waals surface area (Å²) < 4.78 is 124. The van der Waals surface area contributed by atoms with Crippen molar-refractivity contribution in [2.75, 3.05) is 36.9 Å². The fourth-order valence-electron chi connectivity index (χ4n) is 10.4. The number of nitrogens with one attached hydrogen (secondary N) is 1. The minimum absolute atomic E-state index is 0.0727. The Morgan fingerprint density at radius 1 is 0.551 bits per heavy atom. The van der Waals surface area contributed by atoms with Crippen LogP contribution in [0, 0.1) is 5.92 Å². The Hall–Kier alpha value is -5.81. The van der Waals surface area contributed by atoms with Gasteiger partial charge in [-0.2, -0.15) is 24.9 Å². The Balaban J connectivity index is 0.000000168. The number of rotatable bonds is 21. The van der Waals surface area contributed by atoms with Gasteiger partial charge in [0.15, 0.2) is 82.0 Å². The number of ether oxygens (including phenoxy) is 5. The van der Waals surface area contributed by atoms with Crippen molar-refractivity contribution >= 4 is 164 Å². The molecule has 0 amide bonds. The maximum Gasteiger partial charge on any atom is 0.340 e. The van der Waals surface area contributed by atoms with Crippen molar-refractivity contribution in [1.82, 2.24) is 58.6 Å². The van der Waals surface area contributed by atoms with Crippen LogP contribution < -0.4 is 10.1 Å². The second-order valence-electron chi connectivity index (χ2n) is 23.2. The van der Waals surface area contributed by atoms with Gasteiger partial charge in [-0.1, -0.05) is 128 Å². The first-order valence-corrected chi connectivity index (χ1v) is 43.6. The van der Waals surface area contributed by atoms with Crippen molar-refractivity contribution < 1.29 is 99.5 Å². The van der Waals surface area contributed by atoms with Crippen LogP contribution in [0.2, 0.25) is 21.0 Å². The number of halogens is 11. The number of anilines is 1. The minimum atomic E-state index is -4.85. The Labute approximate surface area is 644 Å². The zero-order valence-corrected chi connectivity index (χ0v) is 64.4. The molecular weight excluding hydrogens is 1670 g/mol. The lowest BCUT2D eigenvalue weighted by molar-refractivity contribution is -0.0459. The van der Waals surface area contributed by atoms with Gasteiger partial charge in [0.05, 0.1) is 50.5 Å². The Morgan fingerprint density at radius 2 is 1.00 bits per heavy atom. The van der Waals surface area contributed by atoms with E-state index in [1.807, 2.05) is 91.0 Å². The molecule has 107 heavy (non-hydrogen) atoms. The van der Waals surface area contributed by atoms with E-state index in [-0.39, 0.29) is 80.5 Å². The highest BCUT2D eigenvalue weighted by atomic mass is 35.9. The van der Waals surface area contributed by atoms with Crippen LogP contribution in [-0.4, -0.2) is 180 Å². The molecule has 0 spiro atoms. The summed E-state index contributed by atoms with van der Waals surface area (Å²) in [6.07, 6.45) is -11.2. The van der Waals surface area contributed by atoms with E-state index in [4.69, 9.17) is 130 Å². The fourth-order valence-corrected chi connectivity index (χ4v) is 22.6. The third-order valence-corrected chi connectivity index (χ3v) is 26.2. The highest BCUT2D eigenvalue weighted by Gasteiger charge is 2.49. The average molecular weight is 1730 g/mol. The van der Waals surface area contributed by atoms with E-state index >= 15 is 0 Å². The molecule has 31 nitrogen and oxygen atoms in total. The van der Waals surface area contributed by atoms with E-state index in [0.717, 1.165) is 16.7 Å². The van der Waals surface area contributed by atoms with Gasteiger partial charge < -0.3 is 68.6 Å². The maximum atomic E-state index is 15.0. The summed E-state index contributed by atoms with van der Waals surface area (Å²) >= 11 is 43.9. The van der Waals surface area contributed by atoms with Crippen LogP contribution in [0.1, 0.15) is 52.7 Å². The SMILES string of the molecule is C[C@H]1[C@H](F)[C@H](n2cnc3c(Cl)nc(Cl)nc32)O[C@@H]1COC(=O)c1ccccc1.O=P(Cl)(Cl)CP(=O)(Cl)Cl.O=P(O)(O)CP(=O)(O)OC[C@H]1O[C@@H](n2cnc3c(NCc4ccccc4)nc(Cl)nc32)[C@@H](F)[C@@H]1O.OC[C@H]1O[C@@H](n2cnc3c(OCc4ccccc4)nc(Cl)nc32)[C@@H](F)[C@@H]1O.OCc1ccccc1. The summed E-state index contributed by atoms with van der Waals surface area (Å²) in [6, 6.07) is 37.0. The number of esters is 1. The van der Waals surface area contributed by atoms with Crippen molar-refractivity contribution in [3.05, 3.63) is 184 Å². The topological polar surface area (TPSA) is 425 Å². The molecule has 0 saturated carbocycles. The number of nitrogens with zero attached hydrogens (tertiary/aromatic N) is 12. The summed E-state index contributed by atoms with van der Waals surface area (Å²) in [6.45, 7) is 1.10. The number of hydrogen-bond donors (Lipinski definition) is 8. The number of alkyl halides is 3. The molecule has 3 aliphatic rings. The lowest BCUT2D eigenvalue weighted by atomic mass is 10.0. The number of carbonyl (C=O) groups excluding carboxylic acids is 1. The van der Waals surface area contributed by atoms with Crippen LogP contribution in [0.15, 0.2) is 140 Å². The van der Waals surface area contributed by atoms with Crippen molar-refractivity contribution in [3.8, 4) is 5.88 Å². The van der Waals surface area contributed by atoms with Gasteiger partial charge in [-0.05, 0) is 109 Å². The summed E-state index contributed by atoms with van der Waals surface area (Å²) in [5.74, 6) is -9.27. The van der Waals surface area contributed by atoms with Gasteiger partial charge in [0.25, 0.3) is 11.7 Å². The van der Waals surface area contributed by atoms with Crippen molar-refractivity contribution in [3.63, 3.8) is 0 Å². The molecule has 3 saturated heterocycles. The quantitative estimate of drug-likeness (QED) is 0.0143. The smallest absolute Gasteiger partial charge is 0.340 e. The fraction of sp³-hybridized carbons (Fsp3) is 0.344. The zero-order chi connectivity index (χ0) is 77.7. The molecule has 1 unspecified atom stereocenters. The first-order valence-electron chi connectivity index (χ1n) is 31.1. The molecular formula is C61H62Cl8F3N13O18P4. The normalized spacial score (nSPS) is 22.6. The molecule has 9 heterocycles. The van der Waals surface area contributed by atoms with Crippen molar-refractivity contribution in [2.24, 2.45) is 5.92 Å². The molecule has 13 atom stereocenters. The van der Waals surface area contributed by atoms with Gasteiger partial charge in [0.2, 0.25) is 21.7 Å². The number of imidazole rings is 3. The number of aliphatic hydroxyl groups is 4. The van der Waals surface area contributed by atoms with E-state index in [1.54, 1.807) is 37.3 Å². The monoisotopic (exact) mass is 1730 g/mol. The highest BCUT2D eigenvalue weighted by molar-refractivity contribution is 8.21. The molecule has 3 aliphatic heterocycles. The van der Waals surface area contributed by atoms with E-state index < -0.39 is 132 Å². The predicted molar refractivity (Wildman–Crippen MR) is 391 cm³/mol. The van der Waals surface area contributed by atoms with Gasteiger partial charge in [0, 0.05) is 12.5 Å². The van der Waals surface area contributed by atoms with E-state index in [1.165, 1.54) is 32.7 Å². The number of carbonyl (C=O) groups is 1. The molecule has 13 rings (SSSR count). The van der Waals surface area contributed by atoms with Crippen molar-refractivity contribution in [2.45, 2.75) is 94.4 Å². The van der Waals surface area contributed by atoms with Gasteiger partial charge in [-0.3, -0.25) is 32.0 Å². The molecule has 8 N–H and O–H groups in total. The lowest BCUT2D eigenvalue weighted by Gasteiger charge is -2.18. The van der Waals surface area contributed by atoms with Crippen LogP contribution >= 0.6 is 118 Å². The predicted octanol–water partition coefficient (Wildman–Crippen LogP) is 13.0. The number of fused-ring (bicyclic) bond motifs is 3. The first kappa shape index (κ1) is 85.2.